The second kappa shape index (κ2) is 6.17. The molecule has 1 aromatic heterocycles. The van der Waals surface area contributed by atoms with Crippen molar-refractivity contribution in [2.24, 2.45) is 0 Å². The molecule has 1 saturated carbocycles. The lowest BCUT2D eigenvalue weighted by molar-refractivity contribution is 0.115. The van der Waals surface area contributed by atoms with E-state index in [1.807, 2.05) is 6.92 Å². The number of oxazole rings is 1. The van der Waals surface area contributed by atoms with Crippen molar-refractivity contribution >= 4 is 0 Å². The fourth-order valence-corrected chi connectivity index (χ4v) is 2.64. The Bertz CT molecular complexity index is 332. The van der Waals surface area contributed by atoms with Gasteiger partial charge in [0.1, 0.15) is 5.76 Å². The van der Waals surface area contributed by atoms with E-state index >= 15 is 0 Å². The van der Waals surface area contributed by atoms with E-state index in [4.69, 9.17) is 4.42 Å². The Morgan fingerprint density at radius 3 is 2.76 bits per heavy atom. The maximum Gasteiger partial charge on any atom is 0.181 e. The van der Waals surface area contributed by atoms with Crippen LogP contribution in [0.5, 0.6) is 0 Å². The molecule has 0 atom stereocenters. The molecule has 4 nitrogen and oxygen atoms in total. The topological polar surface area (TPSA) is 49.5 Å². The maximum atomic E-state index is 9.18. The Hall–Kier alpha value is -0.870. The first kappa shape index (κ1) is 12.6. The van der Waals surface area contributed by atoms with Crippen molar-refractivity contribution in [2.45, 2.75) is 51.6 Å². The van der Waals surface area contributed by atoms with Crippen LogP contribution in [0.1, 0.15) is 43.6 Å². The van der Waals surface area contributed by atoms with E-state index in [-0.39, 0.29) is 6.61 Å². The van der Waals surface area contributed by atoms with E-state index in [2.05, 4.69) is 9.88 Å². The minimum atomic E-state index is 0.216. The molecule has 0 aliphatic heterocycles. The van der Waals surface area contributed by atoms with Crippen LogP contribution < -0.4 is 0 Å². The van der Waals surface area contributed by atoms with Crippen molar-refractivity contribution in [1.82, 2.24) is 9.88 Å². The zero-order valence-electron chi connectivity index (χ0n) is 10.6. The molecule has 2 rings (SSSR count). The highest BCUT2D eigenvalue weighted by Gasteiger charge is 2.22. The molecule has 1 aliphatic carbocycles. The zero-order valence-corrected chi connectivity index (χ0v) is 10.6. The van der Waals surface area contributed by atoms with E-state index in [1.54, 1.807) is 0 Å². The van der Waals surface area contributed by atoms with Gasteiger partial charge in [-0.05, 0) is 19.8 Å². The molecule has 1 N–H and O–H groups in total. The molecule has 0 spiro atoms. The fourth-order valence-electron chi connectivity index (χ4n) is 2.64. The highest BCUT2D eigenvalue weighted by atomic mass is 16.3. The van der Waals surface area contributed by atoms with Crippen molar-refractivity contribution < 1.29 is 9.52 Å². The standard InChI is InChI=1S/C13H22N2O2/c1-11-13(14-10-17-11)9-15(7-8-16)12-5-3-2-4-6-12/h10,12,16H,2-9H2,1H3. The second-order valence-corrected chi connectivity index (χ2v) is 4.84. The minimum Gasteiger partial charge on any atom is -0.448 e. The summed E-state index contributed by atoms with van der Waals surface area (Å²) in [5.74, 6) is 0.892. The quantitative estimate of drug-likeness (QED) is 0.853. The third kappa shape index (κ3) is 3.30. The SMILES string of the molecule is Cc1ocnc1CN(CCO)C1CCCCC1. The van der Waals surface area contributed by atoms with Crippen molar-refractivity contribution in [3.63, 3.8) is 0 Å². The number of aliphatic hydroxyl groups excluding tert-OH is 1. The lowest BCUT2D eigenvalue weighted by Gasteiger charge is -2.33. The Labute approximate surface area is 103 Å². The van der Waals surface area contributed by atoms with Crippen LogP contribution in [0.25, 0.3) is 0 Å². The summed E-state index contributed by atoms with van der Waals surface area (Å²) in [5, 5.41) is 9.18. The van der Waals surface area contributed by atoms with Crippen LogP contribution >= 0.6 is 0 Å². The summed E-state index contributed by atoms with van der Waals surface area (Å²) in [7, 11) is 0. The van der Waals surface area contributed by atoms with Crippen molar-refractivity contribution in [3.05, 3.63) is 17.8 Å². The average Bonchev–Trinajstić information content (AvgIpc) is 2.76. The summed E-state index contributed by atoms with van der Waals surface area (Å²) >= 11 is 0. The van der Waals surface area contributed by atoms with Crippen molar-refractivity contribution in [2.75, 3.05) is 13.2 Å². The van der Waals surface area contributed by atoms with E-state index in [0.717, 1.165) is 24.5 Å². The van der Waals surface area contributed by atoms with Crippen LogP contribution in [0.2, 0.25) is 0 Å². The van der Waals surface area contributed by atoms with Gasteiger partial charge in [0.05, 0.1) is 12.3 Å². The molecule has 0 bridgehead atoms. The van der Waals surface area contributed by atoms with Crippen molar-refractivity contribution in [1.29, 1.82) is 0 Å². The molecule has 1 aromatic rings. The number of aliphatic hydroxyl groups is 1. The molecule has 1 fully saturated rings. The van der Waals surface area contributed by atoms with Gasteiger partial charge in [0.15, 0.2) is 6.39 Å². The van der Waals surface area contributed by atoms with Crippen LogP contribution in [-0.2, 0) is 6.54 Å². The van der Waals surface area contributed by atoms with Crippen LogP contribution in [0.15, 0.2) is 10.8 Å². The summed E-state index contributed by atoms with van der Waals surface area (Å²) in [5.41, 5.74) is 1.00. The average molecular weight is 238 g/mol. The lowest BCUT2D eigenvalue weighted by atomic mass is 9.94. The van der Waals surface area contributed by atoms with Gasteiger partial charge in [0.25, 0.3) is 0 Å². The molecule has 0 amide bonds. The number of nitrogens with zero attached hydrogens (tertiary/aromatic N) is 2. The summed E-state index contributed by atoms with van der Waals surface area (Å²) < 4.78 is 5.23. The van der Waals surface area contributed by atoms with Crippen LogP contribution in [0, 0.1) is 6.92 Å². The van der Waals surface area contributed by atoms with Gasteiger partial charge in [-0.1, -0.05) is 19.3 Å². The lowest BCUT2D eigenvalue weighted by Crippen LogP contribution is -2.38. The molecule has 0 saturated heterocycles. The number of aryl methyl sites for hydroxylation is 1. The van der Waals surface area contributed by atoms with E-state index in [9.17, 15) is 5.11 Å². The third-order valence-corrected chi connectivity index (χ3v) is 3.68. The molecule has 17 heavy (non-hydrogen) atoms. The highest BCUT2D eigenvalue weighted by molar-refractivity contribution is 5.04. The van der Waals surface area contributed by atoms with Gasteiger partial charge in [-0.2, -0.15) is 0 Å². The van der Waals surface area contributed by atoms with E-state index in [1.165, 1.54) is 38.5 Å². The summed E-state index contributed by atoms with van der Waals surface area (Å²) in [6.07, 6.45) is 7.97. The first-order valence-electron chi connectivity index (χ1n) is 6.55. The monoisotopic (exact) mass is 238 g/mol. The molecular weight excluding hydrogens is 216 g/mol. The molecule has 4 heteroatoms. The molecule has 1 heterocycles. The highest BCUT2D eigenvalue weighted by Crippen LogP contribution is 2.24. The predicted octanol–water partition coefficient (Wildman–Crippen LogP) is 2.11. The van der Waals surface area contributed by atoms with Gasteiger partial charge in [0, 0.05) is 19.1 Å². The number of rotatable bonds is 5. The van der Waals surface area contributed by atoms with E-state index < -0.39 is 0 Å². The smallest absolute Gasteiger partial charge is 0.181 e. The Balaban J connectivity index is 1.98. The fraction of sp³-hybridized carbons (Fsp3) is 0.769. The molecule has 0 aromatic carbocycles. The van der Waals surface area contributed by atoms with Gasteiger partial charge in [-0.25, -0.2) is 4.98 Å². The third-order valence-electron chi connectivity index (χ3n) is 3.68. The summed E-state index contributed by atoms with van der Waals surface area (Å²) in [4.78, 5) is 6.59. The molecule has 0 radical (unpaired) electrons. The Morgan fingerprint density at radius 1 is 1.41 bits per heavy atom. The summed E-state index contributed by atoms with van der Waals surface area (Å²) in [6.45, 7) is 3.69. The molecular formula is C13H22N2O2. The second-order valence-electron chi connectivity index (χ2n) is 4.84. The van der Waals surface area contributed by atoms with Crippen LogP contribution in [-0.4, -0.2) is 34.2 Å². The number of hydrogen-bond acceptors (Lipinski definition) is 4. The van der Waals surface area contributed by atoms with Gasteiger partial charge >= 0.3 is 0 Å². The van der Waals surface area contributed by atoms with Crippen LogP contribution in [0.3, 0.4) is 0 Å². The largest absolute Gasteiger partial charge is 0.448 e. The first-order valence-corrected chi connectivity index (χ1v) is 6.55. The Kier molecular flexibility index (Phi) is 4.57. The normalized spacial score (nSPS) is 17.8. The number of hydrogen-bond donors (Lipinski definition) is 1. The van der Waals surface area contributed by atoms with Gasteiger partial charge in [-0.3, -0.25) is 4.90 Å². The maximum absolute atomic E-state index is 9.18. The summed E-state index contributed by atoms with van der Waals surface area (Å²) in [6, 6.07) is 0.604. The molecule has 0 unspecified atom stereocenters. The predicted molar refractivity (Wildman–Crippen MR) is 65.6 cm³/mol. The molecule has 1 aliphatic rings. The Morgan fingerprint density at radius 2 is 2.18 bits per heavy atom. The van der Waals surface area contributed by atoms with E-state index in [0.29, 0.717) is 6.04 Å². The minimum absolute atomic E-state index is 0.216. The van der Waals surface area contributed by atoms with Gasteiger partial charge < -0.3 is 9.52 Å². The van der Waals surface area contributed by atoms with Gasteiger partial charge in [0.2, 0.25) is 0 Å². The number of aromatic nitrogens is 1. The molecule has 96 valence electrons. The van der Waals surface area contributed by atoms with Crippen molar-refractivity contribution in [3.8, 4) is 0 Å². The zero-order chi connectivity index (χ0) is 12.1. The van der Waals surface area contributed by atoms with Gasteiger partial charge in [-0.15, -0.1) is 0 Å². The first-order chi connectivity index (χ1) is 8.31. The van der Waals surface area contributed by atoms with Crippen LogP contribution in [0.4, 0.5) is 0 Å².